The molecule has 0 N–H and O–H groups in total. The average molecular weight is 461 g/mol. The van der Waals surface area contributed by atoms with Crippen LogP contribution in [-0.4, -0.2) is 72.3 Å². The van der Waals surface area contributed by atoms with Crippen molar-refractivity contribution in [1.82, 2.24) is 14.8 Å². The number of rotatable bonds is 6. The fourth-order valence-corrected chi connectivity index (χ4v) is 5.85. The Morgan fingerprint density at radius 3 is 2.58 bits per heavy atom. The molecule has 2 fully saturated rings. The van der Waals surface area contributed by atoms with Gasteiger partial charge in [0.15, 0.2) is 0 Å². The van der Waals surface area contributed by atoms with Gasteiger partial charge in [-0.3, -0.25) is 9.69 Å². The Balaban J connectivity index is 1.09. The van der Waals surface area contributed by atoms with Gasteiger partial charge in [-0.15, -0.1) is 11.8 Å². The molecule has 0 radical (unpaired) electrons. The minimum Gasteiger partial charge on any atom is -0.354 e. The number of amides is 1. The molecule has 5 rings (SSSR count). The van der Waals surface area contributed by atoms with Gasteiger partial charge >= 0.3 is 0 Å². The summed E-state index contributed by atoms with van der Waals surface area (Å²) in [6.07, 6.45) is 4.21. The van der Waals surface area contributed by atoms with E-state index >= 15 is 0 Å². The summed E-state index contributed by atoms with van der Waals surface area (Å²) >= 11 is 1.66. The summed E-state index contributed by atoms with van der Waals surface area (Å²) in [6, 6.07) is 21.0. The molecule has 0 unspecified atom stereocenters. The van der Waals surface area contributed by atoms with Crippen LogP contribution in [0.25, 0.3) is 10.8 Å². The summed E-state index contributed by atoms with van der Waals surface area (Å²) < 4.78 is 0. The van der Waals surface area contributed by atoms with Gasteiger partial charge in [0.25, 0.3) is 0 Å². The number of hydrogen-bond donors (Lipinski definition) is 0. The van der Waals surface area contributed by atoms with Crippen molar-refractivity contribution >= 4 is 34.3 Å². The number of benzene rings is 2. The first-order valence-electron chi connectivity index (χ1n) is 12.0. The molecule has 1 atom stereocenters. The SMILES string of the molecule is O=C(CSc1ccc2ccccc2c1)N1CCC[C@H](CN2CCN(c3ccccn3)CC2)C1. The summed E-state index contributed by atoms with van der Waals surface area (Å²) in [5.74, 6) is 2.46. The van der Waals surface area contributed by atoms with Gasteiger partial charge in [-0.1, -0.05) is 36.4 Å². The van der Waals surface area contributed by atoms with E-state index in [1.54, 1.807) is 11.8 Å². The molecule has 33 heavy (non-hydrogen) atoms. The van der Waals surface area contributed by atoms with E-state index in [9.17, 15) is 4.79 Å². The molecule has 3 aromatic rings. The Hall–Kier alpha value is -2.57. The predicted molar refractivity (Wildman–Crippen MR) is 137 cm³/mol. The predicted octanol–water partition coefficient (Wildman–Crippen LogP) is 4.39. The summed E-state index contributed by atoms with van der Waals surface area (Å²) in [7, 11) is 0. The number of nitrogens with zero attached hydrogens (tertiary/aromatic N) is 4. The van der Waals surface area contributed by atoms with E-state index in [4.69, 9.17) is 0 Å². The van der Waals surface area contributed by atoms with E-state index in [2.05, 4.69) is 74.3 Å². The Kier molecular flexibility index (Phi) is 7.12. The maximum absolute atomic E-state index is 13.0. The second-order valence-electron chi connectivity index (χ2n) is 9.12. The van der Waals surface area contributed by atoms with Crippen LogP contribution in [0, 0.1) is 5.92 Å². The number of carbonyl (C=O) groups is 1. The van der Waals surface area contributed by atoms with Crippen molar-refractivity contribution in [2.45, 2.75) is 17.7 Å². The zero-order valence-corrected chi connectivity index (χ0v) is 19.9. The van der Waals surface area contributed by atoms with Crippen LogP contribution in [0.3, 0.4) is 0 Å². The molecule has 3 heterocycles. The van der Waals surface area contributed by atoms with Gasteiger partial charge in [0, 0.05) is 56.9 Å². The highest BCUT2D eigenvalue weighted by atomic mass is 32.2. The summed E-state index contributed by atoms with van der Waals surface area (Å²) in [5.41, 5.74) is 0. The number of aromatic nitrogens is 1. The second-order valence-corrected chi connectivity index (χ2v) is 10.2. The van der Waals surface area contributed by atoms with E-state index in [-0.39, 0.29) is 5.91 Å². The van der Waals surface area contributed by atoms with E-state index in [0.717, 1.165) is 58.1 Å². The van der Waals surface area contributed by atoms with Crippen LogP contribution in [-0.2, 0) is 4.79 Å². The topological polar surface area (TPSA) is 39.7 Å². The summed E-state index contributed by atoms with van der Waals surface area (Å²) in [6.45, 7) is 7.08. The molecule has 0 spiro atoms. The highest BCUT2D eigenvalue weighted by Crippen LogP contribution is 2.25. The third kappa shape index (κ3) is 5.68. The molecular weight excluding hydrogens is 428 g/mol. The van der Waals surface area contributed by atoms with Crippen LogP contribution in [0.1, 0.15) is 12.8 Å². The first-order valence-corrected chi connectivity index (χ1v) is 13.0. The van der Waals surface area contributed by atoms with E-state index in [1.165, 1.54) is 22.1 Å². The lowest BCUT2D eigenvalue weighted by molar-refractivity contribution is -0.130. The number of piperidine rings is 1. The van der Waals surface area contributed by atoms with Gasteiger partial charge in [-0.2, -0.15) is 0 Å². The first kappa shape index (κ1) is 22.2. The van der Waals surface area contributed by atoms with Gasteiger partial charge in [0.2, 0.25) is 5.91 Å². The molecule has 0 saturated carbocycles. The van der Waals surface area contributed by atoms with Crippen molar-refractivity contribution in [2.24, 2.45) is 5.92 Å². The van der Waals surface area contributed by atoms with Gasteiger partial charge < -0.3 is 9.80 Å². The third-order valence-electron chi connectivity index (χ3n) is 6.82. The molecular formula is C27H32N4OS. The number of hydrogen-bond acceptors (Lipinski definition) is 5. The molecule has 6 heteroatoms. The van der Waals surface area contributed by atoms with Gasteiger partial charge in [0.05, 0.1) is 5.75 Å². The normalized spacial score (nSPS) is 19.7. The lowest BCUT2D eigenvalue weighted by Crippen LogP contribution is -2.50. The Morgan fingerprint density at radius 1 is 0.939 bits per heavy atom. The number of anilines is 1. The smallest absolute Gasteiger partial charge is 0.232 e. The highest BCUT2D eigenvalue weighted by Gasteiger charge is 2.27. The molecule has 5 nitrogen and oxygen atoms in total. The molecule has 0 aliphatic carbocycles. The molecule has 2 aliphatic rings. The molecule has 2 aromatic carbocycles. The quantitative estimate of drug-likeness (QED) is 0.510. The molecule has 2 saturated heterocycles. The monoisotopic (exact) mass is 460 g/mol. The second kappa shape index (κ2) is 10.6. The number of pyridine rings is 1. The van der Waals surface area contributed by atoms with Crippen LogP contribution in [0.2, 0.25) is 0 Å². The summed E-state index contributed by atoms with van der Waals surface area (Å²) in [5, 5.41) is 2.48. The minimum absolute atomic E-state index is 0.276. The summed E-state index contributed by atoms with van der Waals surface area (Å²) in [4.78, 5) is 25.7. The first-order chi connectivity index (χ1) is 16.2. The van der Waals surface area contributed by atoms with Gasteiger partial charge in [-0.05, 0) is 53.8 Å². The van der Waals surface area contributed by atoms with Crippen LogP contribution < -0.4 is 4.90 Å². The zero-order chi connectivity index (χ0) is 22.5. The minimum atomic E-state index is 0.276. The van der Waals surface area contributed by atoms with Crippen LogP contribution in [0.4, 0.5) is 5.82 Å². The van der Waals surface area contributed by atoms with Crippen molar-refractivity contribution in [3.8, 4) is 0 Å². The van der Waals surface area contributed by atoms with Crippen LogP contribution >= 0.6 is 11.8 Å². The number of thioether (sulfide) groups is 1. The molecule has 1 aromatic heterocycles. The van der Waals surface area contributed by atoms with E-state index in [0.29, 0.717) is 11.7 Å². The molecule has 2 aliphatic heterocycles. The Labute approximate surface area is 200 Å². The maximum atomic E-state index is 13.0. The Morgan fingerprint density at radius 2 is 1.76 bits per heavy atom. The number of carbonyl (C=O) groups excluding carboxylic acids is 1. The Bertz CT molecular complexity index is 1070. The standard InChI is InChI=1S/C27H32N4OS/c32-27(21-33-25-11-10-23-7-1-2-8-24(23)18-25)31-13-5-6-22(20-31)19-29-14-16-30(17-15-29)26-9-3-4-12-28-26/h1-4,7-12,18,22H,5-6,13-17,19-21H2/t22-/m1/s1. The molecule has 0 bridgehead atoms. The van der Waals surface area contributed by atoms with Crippen LogP contribution in [0.5, 0.6) is 0 Å². The van der Waals surface area contributed by atoms with E-state index in [1.807, 2.05) is 12.3 Å². The number of piperazine rings is 1. The fraction of sp³-hybridized carbons (Fsp3) is 0.407. The van der Waals surface area contributed by atoms with Crippen molar-refractivity contribution in [3.05, 3.63) is 66.9 Å². The lowest BCUT2D eigenvalue weighted by Gasteiger charge is -2.39. The van der Waals surface area contributed by atoms with Crippen molar-refractivity contribution in [2.75, 3.05) is 56.5 Å². The number of fused-ring (bicyclic) bond motifs is 1. The van der Waals surface area contributed by atoms with Gasteiger partial charge in [-0.25, -0.2) is 4.98 Å². The average Bonchev–Trinajstić information content (AvgIpc) is 2.88. The van der Waals surface area contributed by atoms with Crippen LogP contribution in [0.15, 0.2) is 71.8 Å². The lowest BCUT2D eigenvalue weighted by atomic mass is 9.97. The van der Waals surface area contributed by atoms with Crippen molar-refractivity contribution in [1.29, 1.82) is 0 Å². The zero-order valence-electron chi connectivity index (χ0n) is 19.1. The fourth-order valence-electron chi connectivity index (χ4n) is 5.00. The highest BCUT2D eigenvalue weighted by molar-refractivity contribution is 8.00. The third-order valence-corrected chi connectivity index (χ3v) is 7.80. The molecule has 1 amide bonds. The largest absolute Gasteiger partial charge is 0.354 e. The van der Waals surface area contributed by atoms with Crippen molar-refractivity contribution in [3.63, 3.8) is 0 Å². The maximum Gasteiger partial charge on any atom is 0.232 e. The van der Waals surface area contributed by atoms with Gasteiger partial charge in [0.1, 0.15) is 5.82 Å². The number of likely N-dealkylation sites (tertiary alicyclic amines) is 1. The van der Waals surface area contributed by atoms with Crippen molar-refractivity contribution < 1.29 is 4.79 Å². The van der Waals surface area contributed by atoms with E-state index < -0.39 is 0 Å². The molecule has 172 valence electrons.